The Balaban J connectivity index is 1.73. The van der Waals surface area contributed by atoms with Crippen LogP contribution in [-0.4, -0.2) is 48.7 Å². The van der Waals surface area contributed by atoms with Crippen LogP contribution in [0.5, 0.6) is 11.5 Å². The van der Waals surface area contributed by atoms with Gasteiger partial charge in [0.1, 0.15) is 23.6 Å². The number of nitrogen functional groups attached to an aromatic ring is 1. The molecule has 0 bridgehead atoms. The van der Waals surface area contributed by atoms with Crippen LogP contribution in [0.25, 0.3) is 10.9 Å². The van der Waals surface area contributed by atoms with Crippen molar-refractivity contribution in [1.82, 2.24) is 14.9 Å². The quantitative estimate of drug-likeness (QED) is 0.237. The number of fused-ring (bicyclic) bond motifs is 1. The van der Waals surface area contributed by atoms with Crippen LogP contribution in [0.4, 0.5) is 29.1 Å². The molecule has 3 N–H and O–H groups in total. The summed E-state index contributed by atoms with van der Waals surface area (Å²) in [6.45, 7) is 6.19. The van der Waals surface area contributed by atoms with Gasteiger partial charge in [-0.25, -0.2) is 14.4 Å². The van der Waals surface area contributed by atoms with Crippen molar-refractivity contribution in [1.29, 1.82) is 0 Å². The van der Waals surface area contributed by atoms with Crippen molar-refractivity contribution in [2.75, 3.05) is 38.8 Å². The van der Waals surface area contributed by atoms with Crippen LogP contribution in [-0.2, 0) is 6.18 Å². The van der Waals surface area contributed by atoms with E-state index in [2.05, 4.69) is 27.1 Å². The lowest BCUT2D eigenvalue weighted by molar-refractivity contribution is -0.140. The molecule has 0 saturated heterocycles. The number of nitrogens with two attached hydrogens (primary N) is 1. The zero-order valence-corrected chi connectivity index (χ0v) is 23.0. The van der Waals surface area contributed by atoms with E-state index >= 15 is 0 Å². The van der Waals surface area contributed by atoms with Crippen molar-refractivity contribution in [3.63, 3.8) is 0 Å². The molecule has 212 valence electrons. The lowest BCUT2D eigenvalue weighted by atomic mass is 9.65. The van der Waals surface area contributed by atoms with Crippen LogP contribution in [0.15, 0.2) is 24.3 Å². The normalized spacial score (nSPS) is 16.6. The molecule has 7 nitrogen and oxygen atoms in total. The first kappa shape index (κ1) is 28.7. The molecule has 3 aromatic rings. The van der Waals surface area contributed by atoms with E-state index in [1.165, 1.54) is 6.07 Å². The Morgan fingerprint density at radius 3 is 2.36 bits per heavy atom. The minimum Gasteiger partial charge on any atom is -0.493 e. The van der Waals surface area contributed by atoms with E-state index in [0.717, 1.165) is 25.8 Å². The summed E-state index contributed by atoms with van der Waals surface area (Å²) in [4.78, 5) is 11.1. The van der Waals surface area contributed by atoms with E-state index in [-0.39, 0.29) is 22.8 Å². The summed E-state index contributed by atoms with van der Waals surface area (Å²) >= 11 is 0. The standard InChI is InChI=1S/C28H35F4N5O2/c1-15(19-10-18(33)11-21(25(19)29)28(30,31)32)34-26-20-12-24(23(38-6)13-22(20)35-17(3)36-26)39-16(2)27(8-7-9-27)14-37(4)5/h10-13,15-16H,7-9,14,33H2,1-6H3,(H,34,35,36)/t15-,16+/m1/s1. The van der Waals surface area contributed by atoms with Crippen molar-refractivity contribution < 1.29 is 27.0 Å². The van der Waals surface area contributed by atoms with E-state index in [1.54, 1.807) is 33.1 Å². The maximum atomic E-state index is 15.0. The minimum atomic E-state index is -4.88. The first-order chi connectivity index (χ1) is 18.2. The average molecular weight is 550 g/mol. The van der Waals surface area contributed by atoms with Crippen LogP contribution in [0.3, 0.4) is 0 Å². The van der Waals surface area contributed by atoms with Gasteiger partial charge in [-0.2, -0.15) is 13.2 Å². The third kappa shape index (κ3) is 5.83. The predicted octanol–water partition coefficient (Wildman–Crippen LogP) is 6.36. The molecule has 1 aliphatic carbocycles. The highest BCUT2D eigenvalue weighted by Crippen LogP contribution is 2.47. The van der Waals surface area contributed by atoms with Crippen LogP contribution in [0, 0.1) is 18.2 Å². The molecule has 1 heterocycles. The third-order valence-corrected chi connectivity index (χ3v) is 7.49. The molecule has 2 atom stereocenters. The molecule has 0 radical (unpaired) electrons. The number of anilines is 2. The second kappa shape index (κ2) is 10.7. The number of aryl methyl sites for hydroxylation is 1. The lowest BCUT2D eigenvalue weighted by Crippen LogP contribution is -2.49. The predicted molar refractivity (Wildman–Crippen MR) is 144 cm³/mol. The van der Waals surface area contributed by atoms with E-state index < -0.39 is 23.6 Å². The number of ether oxygens (including phenoxy) is 2. The largest absolute Gasteiger partial charge is 0.493 e. The molecule has 0 spiro atoms. The fraction of sp³-hybridized carbons (Fsp3) is 0.500. The second-order valence-electron chi connectivity index (χ2n) is 10.7. The molecule has 1 saturated carbocycles. The highest BCUT2D eigenvalue weighted by molar-refractivity contribution is 5.92. The van der Waals surface area contributed by atoms with Crippen molar-refractivity contribution >= 4 is 22.4 Å². The molecule has 11 heteroatoms. The summed E-state index contributed by atoms with van der Waals surface area (Å²) in [5.74, 6) is 0.373. The van der Waals surface area contributed by atoms with E-state index in [9.17, 15) is 17.6 Å². The SMILES string of the molecule is COc1cc2nc(C)nc(N[C@H](C)c3cc(N)cc(C(F)(F)F)c3F)c2cc1O[C@@H](C)C1(CN(C)C)CCC1. The highest BCUT2D eigenvalue weighted by Gasteiger charge is 2.44. The summed E-state index contributed by atoms with van der Waals surface area (Å²) in [6, 6.07) is 4.40. The summed E-state index contributed by atoms with van der Waals surface area (Å²) in [5, 5.41) is 3.63. The number of methoxy groups -OCH3 is 1. The van der Waals surface area contributed by atoms with Gasteiger partial charge in [-0.15, -0.1) is 0 Å². The topological polar surface area (TPSA) is 85.5 Å². The second-order valence-corrected chi connectivity index (χ2v) is 10.7. The van der Waals surface area contributed by atoms with Crippen molar-refractivity contribution in [2.24, 2.45) is 5.41 Å². The third-order valence-electron chi connectivity index (χ3n) is 7.49. The Kier molecular flexibility index (Phi) is 7.84. The van der Waals surface area contributed by atoms with Crippen molar-refractivity contribution in [3.8, 4) is 11.5 Å². The summed E-state index contributed by atoms with van der Waals surface area (Å²) in [6.07, 6.45) is -1.73. The number of aromatic nitrogens is 2. The number of nitrogens with one attached hydrogen (secondary N) is 1. The molecule has 39 heavy (non-hydrogen) atoms. The highest BCUT2D eigenvalue weighted by atomic mass is 19.4. The van der Waals surface area contributed by atoms with Crippen LogP contribution in [0.1, 0.15) is 56.1 Å². The smallest absolute Gasteiger partial charge is 0.419 e. The molecule has 1 fully saturated rings. The molecule has 2 aromatic carbocycles. The minimum absolute atomic E-state index is 0.0177. The summed E-state index contributed by atoms with van der Waals surface area (Å²) in [7, 11) is 5.64. The van der Waals surface area contributed by atoms with Gasteiger partial charge in [0.15, 0.2) is 11.5 Å². The zero-order valence-electron chi connectivity index (χ0n) is 23.0. The molecular weight excluding hydrogens is 514 g/mol. The maximum Gasteiger partial charge on any atom is 0.419 e. The molecule has 4 rings (SSSR count). The fourth-order valence-corrected chi connectivity index (χ4v) is 5.36. The van der Waals surface area contributed by atoms with Crippen molar-refractivity contribution in [3.05, 3.63) is 47.0 Å². The number of hydrogen-bond acceptors (Lipinski definition) is 7. The van der Waals surface area contributed by atoms with Gasteiger partial charge in [0.05, 0.1) is 24.2 Å². The first-order valence-corrected chi connectivity index (χ1v) is 12.8. The van der Waals surface area contributed by atoms with Crippen molar-refractivity contribution in [2.45, 2.75) is 58.4 Å². The number of alkyl halides is 3. The van der Waals surface area contributed by atoms with E-state index in [0.29, 0.717) is 40.1 Å². The molecular formula is C28H35F4N5O2. The summed E-state index contributed by atoms with van der Waals surface area (Å²) < 4.78 is 67.2. The maximum absolute atomic E-state index is 15.0. The van der Waals surface area contributed by atoms with Gasteiger partial charge in [-0.1, -0.05) is 6.42 Å². The Bertz CT molecular complexity index is 1360. The number of benzene rings is 2. The Morgan fingerprint density at radius 2 is 1.79 bits per heavy atom. The van der Waals surface area contributed by atoms with Gasteiger partial charge in [-0.05, 0) is 65.9 Å². The Hall–Kier alpha value is -3.34. The van der Waals surface area contributed by atoms with Crippen LogP contribution >= 0.6 is 0 Å². The van der Waals surface area contributed by atoms with Gasteiger partial charge in [0.25, 0.3) is 0 Å². The van der Waals surface area contributed by atoms with Gasteiger partial charge >= 0.3 is 6.18 Å². The van der Waals surface area contributed by atoms with Crippen LogP contribution in [0.2, 0.25) is 0 Å². The first-order valence-electron chi connectivity index (χ1n) is 12.8. The van der Waals surface area contributed by atoms with E-state index in [4.69, 9.17) is 15.2 Å². The number of rotatable bonds is 9. The molecule has 0 aliphatic heterocycles. The van der Waals surface area contributed by atoms with Gasteiger partial charge in [-0.3, -0.25) is 0 Å². The van der Waals surface area contributed by atoms with E-state index in [1.807, 2.05) is 14.1 Å². The summed E-state index contributed by atoms with van der Waals surface area (Å²) in [5.41, 5.74) is 4.44. The van der Waals surface area contributed by atoms with Gasteiger partial charge in [0, 0.05) is 34.7 Å². The monoisotopic (exact) mass is 549 g/mol. The number of hydrogen-bond donors (Lipinski definition) is 2. The number of nitrogens with zero attached hydrogens (tertiary/aromatic N) is 3. The molecule has 0 amide bonds. The van der Waals surface area contributed by atoms with Crippen LogP contribution < -0.4 is 20.5 Å². The zero-order chi connectivity index (χ0) is 28.7. The van der Waals surface area contributed by atoms with Gasteiger partial charge < -0.3 is 25.4 Å². The Labute approximate surface area is 225 Å². The Morgan fingerprint density at radius 1 is 1.10 bits per heavy atom. The number of halogens is 4. The molecule has 0 unspecified atom stereocenters. The lowest BCUT2D eigenvalue weighted by Gasteiger charge is -2.47. The molecule has 1 aliphatic rings. The fourth-order valence-electron chi connectivity index (χ4n) is 5.36. The molecule has 1 aromatic heterocycles. The van der Waals surface area contributed by atoms with Gasteiger partial charge in [0.2, 0.25) is 0 Å². The average Bonchev–Trinajstić information content (AvgIpc) is 2.81.